The molecule has 2 unspecified atom stereocenters. The molecule has 0 radical (unpaired) electrons. The lowest BCUT2D eigenvalue weighted by Gasteiger charge is -2.34. The van der Waals surface area contributed by atoms with Gasteiger partial charge in [-0.25, -0.2) is 10.2 Å². The highest BCUT2D eigenvalue weighted by atomic mass is 16.5. The van der Waals surface area contributed by atoms with Crippen LogP contribution in [0.25, 0.3) is 0 Å². The minimum absolute atomic E-state index is 0.0380. The fourth-order valence-corrected chi connectivity index (χ4v) is 4.04. The van der Waals surface area contributed by atoms with Crippen LogP contribution in [-0.2, 0) is 16.6 Å². The maximum atomic E-state index is 11.9. The van der Waals surface area contributed by atoms with Crippen molar-refractivity contribution in [3.8, 4) is 0 Å². The van der Waals surface area contributed by atoms with Crippen molar-refractivity contribution in [1.29, 1.82) is 0 Å². The van der Waals surface area contributed by atoms with E-state index < -0.39 is 11.9 Å². The van der Waals surface area contributed by atoms with Gasteiger partial charge in [0.15, 0.2) is 6.61 Å². The number of amides is 1. The largest absolute Gasteiger partial charge is 0.451 e. The maximum absolute atomic E-state index is 11.9. The van der Waals surface area contributed by atoms with Crippen LogP contribution in [0.1, 0.15) is 50.5 Å². The first-order chi connectivity index (χ1) is 11.3. The van der Waals surface area contributed by atoms with Crippen molar-refractivity contribution in [2.24, 2.45) is 28.9 Å². The van der Waals surface area contributed by atoms with Crippen LogP contribution >= 0.6 is 0 Å². The van der Waals surface area contributed by atoms with Crippen LogP contribution in [0.4, 0.5) is 0 Å². The number of hydrazone groups is 1. The number of carbonyl (C=O) groups excluding carboxylic acids is 2. The Bertz CT molecular complexity index is 706. The molecule has 1 aromatic heterocycles. The summed E-state index contributed by atoms with van der Waals surface area (Å²) >= 11 is 0. The van der Waals surface area contributed by atoms with Gasteiger partial charge in [-0.15, -0.1) is 0 Å². The van der Waals surface area contributed by atoms with Crippen LogP contribution in [-0.4, -0.2) is 34.0 Å². The third-order valence-corrected chi connectivity index (χ3v) is 6.19. The van der Waals surface area contributed by atoms with Crippen molar-refractivity contribution >= 4 is 17.6 Å². The van der Waals surface area contributed by atoms with E-state index in [1.165, 1.54) is 17.3 Å². The summed E-state index contributed by atoms with van der Waals surface area (Å²) in [7, 11) is 1.64. The Balaban J connectivity index is 1.55. The zero-order valence-corrected chi connectivity index (χ0v) is 14.6. The van der Waals surface area contributed by atoms with Crippen molar-refractivity contribution in [2.45, 2.75) is 40.0 Å². The lowest BCUT2D eigenvalue weighted by molar-refractivity contribution is -0.124. The van der Waals surface area contributed by atoms with Crippen molar-refractivity contribution in [3.63, 3.8) is 0 Å². The Hall–Kier alpha value is -2.18. The van der Waals surface area contributed by atoms with E-state index in [0.29, 0.717) is 11.6 Å². The third kappa shape index (κ3) is 2.52. The summed E-state index contributed by atoms with van der Waals surface area (Å²) in [5, 5.41) is 8.23. The van der Waals surface area contributed by atoms with Crippen molar-refractivity contribution in [2.75, 3.05) is 6.61 Å². The minimum atomic E-state index is -0.578. The lowest BCUT2D eigenvalue weighted by atomic mass is 9.70. The number of rotatable bonds is 4. The summed E-state index contributed by atoms with van der Waals surface area (Å²) in [6, 6.07) is 1.54. The van der Waals surface area contributed by atoms with Gasteiger partial charge in [-0.1, -0.05) is 20.8 Å². The number of aryl methyl sites for hydroxylation is 1. The third-order valence-electron chi connectivity index (χ3n) is 6.19. The first-order valence-corrected chi connectivity index (χ1v) is 8.27. The molecule has 24 heavy (non-hydrogen) atoms. The second-order valence-corrected chi connectivity index (χ2v) is 7.50. The summed E-state index contributed by atoms with van der Waals surface area (Å²) in [6.07, 6.45) is 4.76. The molecule has 1 amide bonds. The predicted octanol–water partition coefficient (Wildman–Crippen LogP) is 1.90. The van der Waals surface area contributed by atoms with Crippen LogP contribution in [0.2, 0.25) is 0 Å². The van der Waals surface area contributed by atoms with Crippen molar-refractivity contribution in [3.05, 3.63) is 18.0 Å². The van der Waals surface area contributed by atoms with E-state index in [9.17, 15) is 9.59 Å². The van der Waals surface area contributed by atoms with Crippen LogP contribution in [0.3, 0.4) is 0 Å². The molecule has 2 saturated carbocycles. The van der Waals surface area contributed by atoms with Crippen LogP contribution < -0.4 is 5.43 Å². The number of carbonyl (C=O) groups is 2. The Morgan fingerprint density at radius 3 is 2.75 bits per heavy atom. The van der Waals surface area contributed by atoms with Gasteiger partial charge in [0.1, 0.15) is 5.69 Å². The first-order valence-electron chi connectivity index (χ1n) is 8.27. The zero-order valence-electron chi connectivity index (χ0n) is 14.6. The van der Waals surface area contributed by atoms with Gasteiger partial charge in [0.05, 0.1) is 0 Å². The summed E-state index contributed by atoms with van der Waals surface area (Å²) < 4.78 is 6.39. The predicted molar refractivity (Wildman–Crippen MR) is 88.3 cm³/mol. The lowest BCUT2D eigenvalue weighted by Crippen LogP contribution is -2.35. The molecule has 2 fully saturated rings. The van der Waals surface area contributed by atoms with E-state index in [4.69, 9.17) is 4.74 Å². The average Bonchev–Trinajstić information content (AvgIpc) is 3.11. The molecule has 2 aliphatic rings. The number of esters is 1. The standard InChI is InChI=1S/C17H24N4O3/c1-16(2)11-5-7-17(16,3)13(9-11)19-20-14(22)10-24-15(23)12-6-8-18-21(12)4/h6,8,11H,5,7,9-10H2,1-4H3,(H,20,22)/b19-13-. The van der Waals surface area contributed by atoms with Gasteiger partial charge in [-0.2, -0.15) is 10.2 Å². The zero-order chi connectivity index (χ0) is 17.5. The molecular formula is C17H24N4O3. The molecule has 1 heterocycles. The Morgan fingerprint density at radius 2 is 2.21 bits per heavy atom. The van der Waals surface area contributed by atoms with Gasteiger partial charge in [-0.05, 0) is 36.7 Å². The number of nitrogens with one attached hydrogen (secondary N) is 1. The number of hydrogen-bond donors (Lipinski definition) is 1. The number of hydrogen-bond acceptors (Lipinski definition) is 5. The molecule has 0 spiro atoms. The highest BCUT2D eigenvalue weighted by Crippen LogP contribution is 2.63. The molecule has 1 N–H and O–H groups in total. The molecule has 7 heteroatoms. The van der Waals surface area contributed by atoms with Gasteiger partial charge < -0.3 is 4.74 Å². The number of ether oxygens (including phenoxy) is 1. The average molecular weight is 332 g/mol. The molecule has 0 aliphatic heterocycles. The molecule has 0 aromatic carbocycles. The monoisotopic (exact) mass is 332 g/mol. The van der Waals surface area contributed by atoms with E-state index in [-0.39, 0.29) is 17.4 Å². The molecule has 130 valence electrons. The van der Waals surface area contributed by atoms with E-state index in [2.05, 4.69) is 36.4 Å². The fraction of sp³-hybridized carbons (Fsp3) is 0.647. The van der Waals surface area contributed by atoms with Crippen LogP contribution in [0.15, 0.2) is 17.4 Å². The van der Waals surface area contributed by atoms with E-state index in [0.717, 1.165) is 18.6 Å². The van der Waals surface area contributed by atoms with Gasteiger partial charge in [-0.3, -0.25) is 9.48 Å². The smallest absolute Gasteiger partial charge is 0.357 e. The molecule has 2 atom stereocenters. The Labute approximate surface area is 141 Å². The minimum Gasteiger partial charge on any atom is -0.451 e. The summed E-state index contributed by atoms with van der Waals surface area (Å²) in [5.74, 6) is -0.381. The highest BCUT2D eigenvalue weighted by molar-refractivity contribution is 5.95. The molecular weight excluding hydrogens is 308 g/mol. The fourth-order valence-electron chi connectivity index (χ4n) is 4.04. The Kier molecular flexibility index (Phi) is 3.97. The molecule has 0 saturated heterocycles. The van der Waals surface area contributed by atoms with Gasteiger partial charge in [0.2, 0.25) is 0 Å². The highest BCUT2D eigenvalue weighted by Gasteiger charge is 2.59. The van der Waals surface area contributed by atoms with E-state index in [1.807, 2.05) is 0 Å². The van der Waals surface area contributed by atoms with Crippen LogP contribution in [0.5, 0.6) is 0 Å². The topological polar surface area (TPSA) is 85.6 Å². The van der Waals surface area contributed by atoms with Crippen LogP contribution in [0, 0.1) is 16.7 Å². The SMILES string of the molecule is Cn1nccc1C(=O)OCC(=O)N/N=C1/CC2CCC1(C)C2(C)C. The molecule has 2 aliphatic carbocycles. The van der Waals surface area contributed by atoms with Crippen molar-refractivity contribution in [1.82, 2.24) is 15.2 Å². The number of fused-ring (bicyclic) bond motifs is 2. The normalized spacial score (nSPS) is 29.0. The van der Waals surface area contributed by atoms with E-state index in [1.54, 1.807) is 13.1 Å². The second-order valence-electron chi connectivity index (χ2n) is 7.50. The molecule has 3 rings (SSSR count). The molecule has 7 nitrogen and oxygen atoms in total. The Morgan fingerprint density at radius 1 is 1.46 bits per heavy atom. The number of nitrogens with zero attached hydrogens (tertiary/aromatic N) is 3. The summed E-state index contributed by atoms with van der Waals surface area (Å²) in [5.41, 5.74) is 4.14. The van der Waals surface area contributed by atoms with Gasteiger partial charge >= 0.3 is 5.97 Å². The maximum Gasteiger partial charge on any atom is 0.357 e. The number of aromatic nitrogens is 2. The van der Waals surface area contributed by atoms with E-state index >= 15 is 0 Å². The summed E-state index contributed by atoms with van der Waals surface area (Å²) in [6.45, 7) is 6.44. The molecule has 1 aromatic rings. The quantitative estimate of drug-likeness (QED) is 0.674. The van der Waals surface area contributed by atoms with Gasteiger partial charge in [0, 0.05) is 24.4 Å². The molecule has 2 bridgehead atoms. The van der Waals surface area contributed by atoms with Crippen molar-refractivity contribution < 1.29 is 14.3 Å². The second kappa shape index (κ2) is 5.72. The summed E-state index contributed by atoms with van der Waals surface area (Å²) in [4.78, 5) is 23.7. The van der Waals surface area contributed by atoms with Gasteiger partial charge in [0.25, 0.3) is 5.91 Å². The first kappa shape index (κ1) is 16.7.